The lowest BCUT2D eigenvalue weighted by molar-refractivity contribution is 0.102. The maximum atomic E-state index is 12.3. The lowest BCUT2D eigenvalue weighted by Crippen LogP contribution is -2.14. The fourth-order valence-corrected chi connectivity index (χ4v) is 2.52. The van der Waals surface area contributed by atoms with E-state index in [0.29, 0.717) is 11.5 Å². The van der Waals surface area contributed by atoms with Crippen LogP contribution in [0.15, 0.2) is 60.9 Å². The van der Waals surface area contributed by atoms with Gasteiger partial charge in [-0.15, -0.1) is 0 Å². The van der Waals surface area contributed by atoms with Gasteiger partial charge in [0, 0.05) is 24.6 Å². The molecule has 0 bridgehead atoms. The van der Waals surface area contributed by atoms with Crippen molar-refractivity contribution in [1.82, 2.24) is 9.97 Å². The number of anilines is 2. The highest BCUT2D eigenvalue weighted by Crippen LogP contribution is 2.15. The van der Waals surface area contributed by atoms with Gasteiger partial charge in [-0.05, 0) is 49.1 Å². The molecule has 0 spiro atoms. The first-order valence-corrected chi connectivity index (χ1v) is 8.60. The van der Waals surface area contributed by atoms with Gasteiger partial charge >= 0.3 is 0 Å². The number of nitrogens with one attached hydrogen (secondary N) is 2. The Labute approximate surface area is 153 Å². The molecule has 1 heterocycles. The Morgan fingerprint density at radius 2 is 1.69 bits per heavy atom. The quantitative estimate of drug-likeness (QED) is 0.708. The highest BCUT2D eigenvalue weighted by molar-refractivity contribution is 6.03. The van der Waals surface area contributed by atoms with Crippen molar-refractivity contribution in [2.45, 2.75) is 20.3 Å². The van der Waals surface area contributed by atoms with E-state index in [1.165, 1.54) is 23.5 Å². The number of carbonyl (C=O) groups excluding carboxylic acids is 1. The van der Waals surface area contributed by atoms with Crippen LogP contribution in [0.2, 0.25) is 0 Å². The van der Waals surface area contributed by atoms with Crippen LogP contribution in [0.5, 0.6) is 0 Å². The van der Waals surface area contributed by atoms with Crippen LogP contribution in [0.1, 0.15) is 27.0 Å². The Morgan fingerprint density at radius 3 is 2.38 bits per heavy atom. The van der Waals surface area contributed by atoms with Gasteiger partial charge < -0.3 is 10.6 Å². The molecule has 3 rings (SSSR count). The first-order chi connectivity index (χ1) is 12.6. The Kier molecular flexibility index (Phi) is 5.59. The maximum absolute atomic E-state index is 12.3. The molecule has 26 heavy (non-hydrogen) atoms. The monoisotopic (exact) mass is 346 g/mol. The SMILES string of the molecule is Cc1ccc(NC(=O)c2cnc(NCCc3ccccc3)nc2)cc1C. The molecule has 0 aliphatic carbocycles. The molecule has 0 radical (unpaired) electrons. The summed E-state index contributed by atoms with van der Waals surface area (Å²) in [6.45, 7) is 4.79. The molecule has 2 aromatic carbocycles. The third-order valence-corrected chi connectivity index (χ3v) is 4.22. The Hall–Kier alpha value is -3.21. The van der Waals surface area contributed by atoms with Crippen LogP contribution in [0.4, 0.5) is 11.6 Å². The van der Waals surface area contributed by atoms with E-state index in [0.717, 1.165) is 24.2 Å². The highest BCUT2D eigenvalue weighted by Gasteiger charge is 2.08. The highest BCUT2D eigenvalue weighted by atomic mass is 16.1. The van der Waals surface area contributed by atoms with Crippen molar-refractivity contribution in [3.05, 3.63) is 83.2 Å². The molecule has 5 nitrogen and oxygen atoms in total. The lowest BCUT2D eigenvalue weighted by Gasteiger charge is -2.08. The molecule has 0 fully saturated rings. The molecule has 0 atom stereocenters. The molecule has 0 unspecified atom stereocenters. The van der Waals surface area contributed by atoms with Crippen LogP contribution in [0.25, 0.3) is 0 Å². The van der Waals surface area contributed by atoms with Gasteiger partial charge in [0.25, 0.3) is 5.91 Å². The van der Waals surface area contributed by atoms with Crippen LogP contribution >= 0.6 is 0 Å². The van der Waals surface area contributed by atoms with Gasteiger partial charge in [0.15, 0.2) is 0 Å². The van der Waals surface area contributed by atoms with E-state index in [2.05, 4.69) is 32.7 Å². The Bertz CT molecular complexity index is 876. The van der Waals surface area contributed by atoms with E-state index in [1.807, 2.05) is 50.2 Å². The zero-order valence-electron chi connectivity index (χ0n) is 15.0. The van der Waals surface area contributed by atoms with E-state index in [-0.39, 0.29) is 5.91 Å². The second-order valence-corrected chi connectivity index (χ2v) is 6.21. The zero-order chi connectivity index (χ0) is 18.4. The summed E-state index contributed by atoms with van der Waals surface area (Å²) < 4.78 is 0. The minimum Gasteiger partial charge on any atom is -0.354 e. The summed E-state index contributed by atoms with van der Waals surface area (Å²) in [5.41, 5.74) is 4.78. The molecule has 0 saturated heterocycles. The number of carbonyl (C=O) groups is 1. The van der Waals surface area contributed by atoms with Crippen molar-refractivity contribution in [2.75, 3.05) is 17.2 Å². The third kappa shape index (κ3) is 4.66. The topological polar surface area (TPSA) is 66.9 Å². The van der Waals surface area contributed by atoms with Gasteiger partial charge in [-0.25, -0.2) is 9.97 Å². The molecule has 2 N–H and O–H groups in total. The fourth-order valence-electron chi connectivity index (χ4n) is 2.52. The van der Waals surface area contributed by atoms with Crippen molar-refractivity contribution < 1.29 is 4.79 Å². The van der Waals surface area contributed by atoms with Crippen molar-refractivity contribution in [3.63, 3.8) is 0 Å². The van der Waals surface area contributed by atoms with Gasteiger partial charge in [0.1, 0.15) is 0 Å². The first kappa shape index (κ1) is 17.6. The summed E-state index contributed by atoms with van der Waals surface area (Å²) in [5, 5.41) is 6.04. The minimum atomic E-state index is -0.218. The minimum absolute atomic E-state index is 0.218. The van der Waals surface area contributed by atoms with Crippen LogP contribution < -0.4 is 10.6 Å². The van der Waals surface area contributed by atoms with E-state index in [4.69, 9.17) is 0 Å². The van der Waals surface area contributed by atoms with Crippen molar-refractivity contribution in [3.8, 4) is 0 Å². The predicted octanol–water partition coefficient (Wildman–Crippen LogP) is 4.00. The summed E-state index contributed by atoms with van der Waals surface area (Å²) in [6, 6.07) is 16.0. The molecule has 3 aromatic rings. The largest absolute Gasteiger partial charge is 0.354 e. The Morgan fingerprint density at radius 1 is 0.962 bits per heavy atom. The summed E-state index contributed by atoms with van der Waals surface area (Å²) in [6.07, 6.45) is 3.96. The maximum Gasteiger partial charge on any atom is 0.258 e. The molecular weight excluding hydrogens is 324 g/mol. The smallest absolute Gasteiger partial charge is 0.258 e. The number of amides is 1. The van der Waals surface area contributed by atoms with Crippen LogP contribution in [0, 0.1) is 13.8 Å². The second kappa shape index (κ2) is 8.25. The lowest BCUT2D eigenvalue weighted by atomic mass is 10.1. The van der Waals surface area contributed by atoms with E-state index in [9.17, 15) is 4.79 Å². The van der Waals surface area contributed by atoms with Crippen LogP contribution in [-0.4, -0.2) is 22.4 Å². The molecule has 0 aliphatic heterocycles. The number of hydrogen-bond acceptors (Lipinski definition) is 4. The fraction of sp³-hybridized carbons (Fsp3) is 0.190. The Balaban J connectivity index is 1.54. The van der Waals surface area contributed by atoms with E-state index in [1.54, 1.807) is 0 Å². The second-order valence-electron chi connectivity index (χ2n) is 6.21. The van der Waals surface area contributed by atoms with Gasteiger partial charge in [-0.2, -0.15) is 0 Å². The average molecular weight is 346 g/mol. The van der Waals surface area contributed by atoms with Crippen molar-refractivity contribution in [2.24, 2.45) is 0 Å². The normalized spacial score (nSPS) is 10.4. The van der Waals surface area contributed by atoms with Gasteiger partial charge in [0.05, 0.1) is 5.56 Å². The molecule has 132 valence electrons. The predicted molar refractivity (Wildman–Crippen MR) is 105 cm³/mol. The van der Waals surface area contributed by atoms with Crippen molar-refractivity contribution in [1.29, 1.82) is 0 Å². The first-order valence-electron chi connectivity index (χ1n) is 8.60. The number of hydrogen-bond donors (Lipinski definition) is 2. The van der Waals surface area contributed by atoms with Crippen LogP contribution in [-0.2, 0) is 6.42 Å². The summed E-state index contributed by atoms with van der Waals surface area (Å²) in [7, 11) is 0. The number of aromatic nitrogens is 2. The number of benzene rings is 2. The summed E-state index contributed by atoms with van der Waals surface area (Å²) >= 11 is 0. The van der Waals surface area contributed by atoms with Crippen LogP contribution in [0.3, 0.4) is 0 Å². The third-order valence-electron chi connectivity index (χ3n) is 4.22. The number of rotatable bonds is 6. The number of nitrogens with zero attached hydrogens (tertiary/aromatic N) is 2. The van der Waals surface area contributed by atoms with E-state index >= 15 is 0 Å². The van der Waals surface area contributed by atoms with Crippen molar-refractivity contribution >= 4 is 17.5 Å². The molecule has 1 amide bonds. The molecule has 0 saturated carbocycles. The van der Waals surface area contributed by atoms with Gasteiger partial charge in [-0.3, -0.25) is 4.79 Å². The van der Waals surface area contributed by atoms with Gasteiger partial charge in [-0.1, -0.05) is 36.4 Å². The van der Waals surface area contributed by atoms with E-state index < -0.39 is 0 Å². The summed E-state index contributed by atoms with van der Waals surface area (Å²) in [4.78, 5) is 20.8. The average Bonchev–Trinajstić information content (AvgIpc) is 2.66. The number of aryl methyl sites for hydroxylation is 2. The molecule has 0 aliphatic rings. The zero-order valence-corrected chi connectivity index (χ0v) is 15.0. The molecule has 5 heteroatoms. The van der Waals surface area contributed by atoms with Gasteiger partial charge in [0.2, 0.25) is 5.95 Å². The molecular formula is C21H22N4O. The molecule has 1 aromatic heterocycles. The standard InChI is InChI=1S/C21H22N4O/c1-15-8-9-19(12-16(15)2)25-20(26)18-13-23-21(24-14-18)22-11-10-17-6-4-3-5-7-17/h3-9,12-14H,10-11H2,1-2H3,(H,25,26)(H,22,23,24). The summed E-state index contributed by atoms with van der Waals surface area (Å²) in [5.74, 6) is 0.299.